The Hall–Kier alpha value is -3.74. The topological polar surface area (TPSA) is 72.9 Å². The smallest absolute Gasteiger partial charge is 0.262 e. The molecule has 0 saturated carbocycles. The number of carbonyl (C=O) groups is 1. The van der Waals surface area contributed by atoms with Crippen LogP contribution in [0.4, 0.5) is 11.4 Å². The molecule has 2 aromatic carbocycles. The maximum absolute atomic E-state index is 13.2. The highest BCUT2D eigenvalue weighted by molar-refractivity contribution is 6.11. The summed E-state index contributed by atoms with van der Waals surface area (Å²) in [5, 5.41) is 3.42. The fourth-order valence-electron chi connectivity index (χ4n) is 3.50. The zero-order valence-corrected chi connectivity index (χ0v) is 17.1. The second-order valence-corrected chi connectivity index (χ2v) is 6.69. The zero-order chi connectivity index (χ0) is 21.1. The minimum absolute atomic E-state index is 0.116. The third kappa shape index (κ3) is 3.61. The lowest BCUT2D eigenvalue weighted by atomic mass is 10.2. The number of pyridine rings is 1. The molecule has 1 N–H and O–H groups in total. The number of rotatable bonds is 7. The van der Waals surface area contributed by atoms with E-state index in [2.05, 4.69) is 10.3 Å². The summed E-state index contributed by atoms with van der Waals surface area (Å²) in [4.78, 5) is 19.4. The summed E-state index contributed by atoms with van der Waals surface area (Å²) in [6, 6.07) is 16.5. The van der Waals surface area contributed by atoms with Gasteiger partial charge in [0, 0.05) is 35.8 Å². The van der Waals surface area contributed by atoms with Crippen molar-refractivity contribution >= 4 is 17.3 Å². The van der Waals surface area contributed by atoms with E-state index in [1.54, 1.807) is 43.5 Å². The first kappa shape index (κ1) is 19.6. The SMILES string of the molecule is CCOc1ccc(N2C(=O)c3cccnc3[C@H]2Nc2cc(OC)cc(OC)c2)cc1. The Labute approximate surface area is 175 Å². The van der Waals surface area contributed by atoms with Crippen LogP contribution < -0.4 is 24.4 Å². The number of carbonyl (C=O) groups excluding carboxylic acids is 1. The van der Waals surface area contributed by atoms with Crippen LogP contribution in [0.15, 0.2) is 60.8 Å². The van der Waals surface area contributed by atoms with Crippen LogP contribution >= 0.6 is 0 Å². The van der Waals surface area contributed by atoms with Gasteiger partial charge in [-0.25, -0.2) is 0 Å². The molecule has 1 amide bonds. The van der Waals surface area contributed by atoms with Crippen LogP contribution in [0, 0.1) is 0 Å². The van der Waals surface area contributed by atoms with Crippen molar-refractivity contribution in [2.24, 2.45) is 0 Å². The van der Waals surface area contributed by atoms with E-state index in [-0.39, 0.29) is 5.91 Å². The van der Waals surface area contributed by atoms with Gasteiger partial charge in [-0.1, -0.05) is 0 Å². The highest BCUT2D eigenvalue weighted by Crippen LogP contribution is 2.38. The van der Waals surface area contributed by atoms with Gasteiger partial charge < -0.3 is 19.5 Å². The van der Waals surface area contributed by atoms with Crippen molar-refractivity contribution in [3.8, 4) is 17.2 Å². The van der Waals surface area contributed by atoms with Gasteiger partial charge in [0.1, 0.15) is 17.2 Å². The molecule has 4 rings (SSSR count). The van der Waals surface area contributed by atoms with Crippen molar-refractivity contribution in [3.63, 3.8) is 0 Å². The Morgan fingerprint density at radius 1 is 1.00 bits per heavy atom. The molecule has 0 saturated heterocycles. The molecule has 7 nitrogen and oxygen atoms in total. The molecule has 0 bridgehead atoms. The average Bonchev–Trinajstić information content (AvgIpc) is 3.06. The normalized spacial score (nSPS) is 15.0. The van der Waals surface area contributed by atoms with Crippen LogP contribution in [0.3, 0.4) is 0 Å². The molecule has 0 aliphatic carbocycles. The molecule has 30 heavy (non-hydrogen) atoms. The molecule has 1 aromatic heterocycles. The van der Waals surface area contributed by atoms with Gasteiger partial charge in [-0.3, -0.25) is 14.7 Å². The monoisotopic (exact) mass is 405 g/mol. The molecular formula is C23H23N3O4. The summed E-state index contributed by atoms with van der Waals surface area (Å²) in [7, 11) is 3.20. The van der Waals surface area contributed by atoms with Crippen LogP contribution in [0.2, 0.25) is 0 Å². The summed E-state index contributed by atoms with van der Waals surface area (Å²) in [5.74, 6) is 1.94. The van der Waals surface area contributed by atoms with E-state index in [0.717, 1.165) is 17.1 Å². The quantitative estimate of drug-likeness (QED) is 0.633. The number of hydrogen-bond acceptors (Lipinski definition) is 6. The van der Waals surface area contributed by atoms with Gasteiger partial charge in [0.2, 0.25) is 0 Å². The van der Waals surface area contributed by atoms with Crippen LogP contribution in [-0.4, -0.2) is 31.7 Å². The lowest BCUT2D eigenvalue weighted by Crippen LogP contribution is -2.32. The fraction of sp³-hybridized carbons (Fsp3) is 0.217. The predicted octanol–water partition coefficient (Wildman–Crippen LogP) is 4.27. The van der Waals surface area contributed by atoms with Crippen molar-refractivity contribution in [2.45, 2.75) is 13.1 Å². The number of benzene rings is 2. The number of methoxy groups -OCH3 is 2. The summed E-state index contributed by atoms with van der Waals surface area (Å²) in [6.45, 7) is 2.52. The number of fused-ring (bicyclic) bond motifs is 1. The predicted molar refractivity (Wildman–Crippen MR) is 115 cm³/mol. The third-order valence-corrected chi connectivity index (χ3v) is 4.89. The largest absolute Gasteiger partial charge is 0.497 e. The van der Waals surface area contributed by atoms with Crippen LogP contribution in [0.1, 0.15) is 29.1 Å². The van der Waals surface area contributed by atoms with E-state index in [1.165, 1.54) is 0 Å². The number of hydrogen-bond donors (Lipinski definition) is 1. The number of nitrogens with one attached hydrogen (secondary N) is 1. The van der Waals surface area contributed by atoms with Crippen LogP contribution in [-0.2, 0) is 0 Å². The molecule has 0 radical (unpaired) electrons. The summed E-state index contributed by atoms with van der Waals surface area (Å²) < 4.78 is 16.3. The van der Waals surface area contributed by atoms with E-state index in [9.17, 15) is 4.79 Å². The van der Waals surface area contributed by atoms with Gasteiger partial charge in [0.15, 0.2) is 6.17 Å². The van der Waals surface area contributed by atoms with Crippen molar-refractivity contribution in [3.05, 3.63) is 72.1 Å². The second-order valence-electron chi connectivity index (χ2n) is 6.69. The van der Waals surface area contributed by atoms with Crippen LogP contribution in [0.5, 0.6) is 17.2 Å². The van der Waals surface area contributed by atoms with Gasteiger partial charge in [0.25, 0.3) is 5.91 Å². The average molecular weight is 405 g/mol. The first-order chi connectivity index (χ1) is 14.6. The molecule has 0 unspecified atom stereocenters. The summed E-state index contributed by atoms with van der Waals surface area (Å²) in [6.07, 6.45) is 1.21. The van der Waals surface area contributed by atoms with Crippen molar-refractivity contribution in [1.29, 1.82) is 0 Å². The highest BCUT2D eigenvalue weighted by atomic mass is 16.5. The first-order valence-corrected chi connectivity index (χ1v) is 9.65. The first-order valence-electron chi connectivity index (χ1n) is 9.65. The maximum Gasteiger partial charge on any atom is 0.262 e. The van der Waals surface area contributed by atoms with E-state index in [1.807, 2.05) is 43.3 Å². The highest BCUT2D eigenvalue weighted by Gasteiger charge is 2.39. The van der Waals surface area contributed by atoms with Crippen molar-refractivity contribution in [2.75, 3.05) is 31.0 Å². The van der Waals surface area contributed by atoms with E-state index < -0.39 is 6.17 Å². The second kappa shape index (κ2) is 8.32. The molecule has 1 atom stereocenters. The molecule has 7 heteroatoms. The number of amides is 1. The summed E-state index contributed by atoms with van der Waals surface area (Å²) >= 11 is 0. The Morgan fingerprint density at radius 2 is 1.70 bits per heavy atom. The van der Waals surface area contributed by atoms with Gasteiger partial charge >= 0.3 is 0 Å². The minimum Gasteiger partial charge on any atom is -0.497 e. The van der Waals surface area contributed by atoms with Gasteiger partial charge in [-0.05, 0) is 43.3 Å². The van der Waals surface area contributed by atoms with Gasteiger partial charge in [-0.2, -0.15) is 0 Å². The van der Waals surface area contributed by atoms with Gasteiger partial charge in [0.05, 0.1) is 32.1 Å². The molecule has 154 valence electrons. The van der Waals surface area contributed by atoms with Gasteiger partial charge in [-0.15, -0.1) is 0 Å². The third-order valence-electron chi connectivity index (χ3n) is 4.89. The lowest BCUT2D eigenvalue weighted by molar-refractivity contribution is 0.0993. The molecule has 0 fully saturated rings. The zero-order valence-electron chi connectivity index (χ0n) is 17.1. The van der Waals surface area contributed by atoms with E-state index in [0.29, 0.717) is 29.4 Å². The van der Waals surface area contributed by atoms with Crippen molar-refractivity contribution in [1.82, 2.24) is 4.98 Å². The molecule has 1 aliphatic heterocycles. The molecule has 2 heterocycles. The van der Waals surface area contributed by atoms with E-state index >= 15 is 0 Å². The Morgan fingerprint density at radius 3 is 2.33 bits per heavy atom. The summed E-state index contributed by atoms with van der Waals surface area (Å²) in [5.41, 5.74) is 2.73. The number of anilines is 2. The Kier molecular flexibility index (Phi) is 5.43. The molecule has 3 aromatic rings. The van der Waals surface area contributed by atoms with Crippen molar-refractivity contribution < 1.29 is 19.0 Å². The number of nitrogens with zero attached hydrogens (tertiary/aromatic N) is 2. The number of aromatic nitrogens is 1. The molecular weight excluding hydrogens is 382 g/mol. The molecule has 0 spiro atoms. The van der Waals surface area contributed by atoms with E-state index in [4.69, 9.17) is 14.2 Å². The molecule has 1 aliphatic rings. The standard InChI is InChI=1S/C23H23N3O4/c1-4-30-17-9-7-16(8-10-17)26-22(21-20(23(26)27)6-5-11-24-21)25-15-12-18(28-2)14-19(13-15)29-3/h5-14,22,25H,4H2,1-3H3/t22-/m0/s1. The maximum atomic E-state index is 13.2. The Bertz CT molecular complexity index is 1030. The fourth-order valence-corrected chi connectivity index (χ4v) is 3.50. The minimum atomic E-state index is -0.483. The number of ether oxygens (including phenoxy) is 3. The Balaban J connectivity index is 1.73. The van der Waals surface area contributed by atoms with Crippen LogP contribution in [0.25, 0.3) is 0 Å². The lowest BCUT2D eigenvalue weighted by Gasteiger charge is -2.27.